The average molecular weight is 249 g/mol. The number of nitrogens with zero attached hydrogens (tertiary/aromatic N) is 1. The summed E-state index contributed by atoms with van der Waals surface area (Å²) >= 11 is 0. The van der Waals surface area contributed by atoms with Crippen molar-refractivity contribution in [2.75, 3.05) is 6.61 Å². The number of aliphatic hydroxyl groups is 1. The lowest BCUT2D eigenvalue weighted by Gasteiger charge is -2.21. The molecule has 1 atom stereocenters. The summed E-state index contributed by atoms with van der Waals surface area (Å²) in [5, 5.41) is 10.2. The van der Waals surface area contributed by atoms with Crippen LogP contribution in [0.4, 0.5) is 0 Å². The zero-order chi connectivity index (χ0) is 13.2. The maximum atomic E-state index is 10.2. The smallest absolute Gasteiger partial charge is 0.140 e. The highest BCUT2D eigenvalue weighted by Crippen LogP contribution is 2.29. The molecule has 1 aliphatic heterocycles. The third-order valence-electron chi connectivity index (χ3n) is 3.28. The van der Waals surface area contributed by atoms with E-state index in [1.54, 1.807) is 0 Å². The SMILES string of the molecule is CC(C)(C)CC[C@H](O)c1ccc2c(n1)CCCO2. The van der Waals surface area contributed by atoms with Gasteiger partial charge in [-0.05, 0) is 43.2 Å². The Kier molecular flexibility index (Phi) is 3.91. The van der Waals surface area contributed by atoms with Gasteiger partial charge in [-0.1, -0.05) is 20.8 Å². The normalized spacial score (nSPS) is 16.9. The number of hydrogen-bond acceptors (Lipinski definition) is 3. The first-order valence-electron chi connectivity index (χ1n) is 6.76. The van der Waals surface area contributed by atoms with E-state index in [1.165, 1.54) is 0 Å². The van der Waals surface area contributed by atoms with Gasteiger partial charge in [-0.25, -0.2) is 0 Å². The Labute approximate surface area is 109 Å². The van der Waals surface area contributed by atoms with Gasteiger partial charge in [-0.2, -0.15) is 0 Å². The van der Waals surface area contributed by atoms with E-state index in [2.05, 4.69) is 25.8 Å². The van der Waals surface area contributed by atoms with Crippen LogP contribution in [-0.4, -0.2) is 16.7 Å². The van der Waals surface area contributed by atoms with E-state index in [-0.39, 0.29) is 5.41 Å². The fraction of sp³-hybridized carbons (Fsp3) is 0.667. The van der Waals surface area contributed by atoms with Crippen LogP contribution in [0.3, 0.4) is 0 Å². The number of hydrogen-bond donors (Lipinski definition) is 1. The number of aliphatic hydroxyl groups excluding tert-OH is 1. The molecule has 0 radical (unpaired) electrons. The molecule has 0 unspecified atom stereocenters. The summed E-state index contributed by atoms with van der Waals surface area (Å²) in [6.45, 7) is 7.34. The molecule has 0 saturated carbocycles. The largest absolute Gasteiger partial charge is 0.492 e. The van der Waals surface area contributed by atoms with Gasteiger partial charge in [-0.3, -0.25) is 4.98 Å². The van der Waals surface area contributed by atoms with Crippen LogP contribution in [0.1, 0.15) is 57.5 Å². The van der Waals surface area contributed by atoms with E-state index in [1.807, 2.05) is 12.1 Å². The molecule has 0 spiro atoms. The predicted molar refractivity (Wildman–Crippen MR) is 71.7 cm³/mol. The Bertz CT molecular complexity index is 409. The fourth-order valence-electron chi connectivity index (χ4n) is 2.14. The van der Waals surface area contributed by atoms with Gasteiger partial charge in [0.15, 0.2) is 0 Å². The third kappa shape index (κ3) is 3.45. The summed E-state index contributed by atoms with van der Waals surface area (Å²) in [6, 6.07) is 3.83. The Balaban J connectivity index is 2.04. The van der Waals surface area contributed by atoms with Gasteiger partial charge in [0.2, 0.25) is 0 Å². The topological polar surface area (TPSA) is 42.4 Å². The molecule has 1 N–H and O–H groups in total. The standard InChI is InChI=1S/C15H23NO2/c1-15(2,3)9-8-13(17)11-6-7-14-12(16-11)5-4-10-18-14/h6-7,13,17H,4-5,8-10H2,1-3H3/t13-/m0/s1. The molecule has 2 heterocycles. The molecule has 0 aromatic carbocycles. The summed E-state index contributed by atoms with van der Waals surface area (Å²) in [7, 11) is 0. The minimum Gasteiger partial charge on any atom is -0.492 e. The highest BCUT2D eigenvalue weighted by molar-refractivity contribution is 5.31. The number of aromatic nitrogens is 1. The molecule has 18 heavy (non-hydrogen) atoms. The van der Waals surface area contributed by atoms with Gasteiger partial charge in [-0.15, -0.1) is 0 Å². The van der Waals surface area contributed by atoms with Crippen LogP contribution < -0.4 is 4.74 Å². The zero-order valence-corrected chi connectivity index (χ0v) is 11.6. The molecule has 0 aliphatic carbocycles. The second-order valence-corrected chi connectivity index (χ2v) is 6.25. The second-order valence-electron chi connectivity index (χ2n) is 6.25. The van der Waals surface area contributed by atoms with Crippen molar-refractivity contribution in [2.45, 2.75) is 52.6 Å². The minimum atomic E-state index is -0.462. The first kappa shape index (κ1) is 13.3. The molecule has 3 nitrogen and oxygen atoms in total. The summed E-state index contributed by atoms with van der Waals surface area (Å²) in [5.41, 5.74) is 2.02. The van der Waals surface area contributed by atoms with E-state index in [9.17, 15) is 5.11 Å². The molecule has 100 valence electrons. The molecule has 1 aromatic heterocycles. The van der Waals surface area contributed by atoms with E-state index in [0.29, 0.717) is 0 Å². The number of ether oxygens (including phenoxy) is 1. The van der Waals surface area contributed by atoms with Crippen LogP contribution in [0, 0.1) is 5.41 Å². The zero-order valence-electron chi connectivity index (χ0n) is 11.6. The first-order valence-corrected chi connectivity index (χ1v) is 6.76. The monoisotopic (exact) mass is 249 g/mol. The summed E-state index contributed by atoms with van der Waals surface area (Å²) in [5.74, 6) is 0.882. The molecule has 0 saturated heterocycles. The van der Waals surface area contributed by atoms with E-state index in [0.717, 1.165) is 49.4 Å². The van der Waals surface area contributed by atoms with Crippen molar-refractivity contribution >= 4 is 0 Å². The summed E-state index contributed by atoms with van der Waals surface area (Å²) in [4.78, 5) is 4.54. The van der Waals surface area contributed by atoms with Crippen molar-refractivity contribution in [2.24, 2.45) is 5.41 Å². The van der Waals surface area contributed by atoms with Gasteiger partial charge < -0.3 is 9.84 Å². The maximum absolute atomic E-state index is 10.2. The van der Waals surface area contributed by atoms with Crippen molar-refractivity contribution in [3.8, 4) is 5.75 Å². The van der Waals surface area contributed by atoms with Gasteiger partial charge in [0.25, 0.3) is 0 Å². The lowest BCUT2D eigenvalue weighted by Crippen LogP contribution is -2.13. The first-order chi connectivity index (χ1) is 8.46. The quantitative estimate of drug-likeness (QED) is 0.894. The Morgan fingerprint density at radius 1 is 1.39 bits per heavy atom. The second kappa shape index (κ2) is 5.27. The van der Waals surface area contributed by atoms with Gasteiger partial charge in [0.05, 0.1) is 24.1 Å². The molecular weight excluding hydrogens is 226 g/mol. The molecule has 3 heteroatoms. The van der Waals surface area contributed by atoms with Gasteiger partial charge in [0.1, 0.15) is 5.75 Å². The van der Waals surface area contributed by atoms with Crippen LogP contribution >= 0.6 is 0 Å². The molecule has 1 aromatic rings. The van der Waals surface area contributed by atoms with Crippen LogP contribution in [0.15, 0.2) is 12.1 Å². The minimum absolute atomic E-state index is 0.248. The van der Waals surface area contributed by atoms with Crippen molar-refractivity contribution in [1.29, 1.82) is 0 Å². The van der Waals surface area contributed by atoms with Crippen LogP contribution in [0.5, 0.6) is 5.75 Å². The number of fused-ring (bicyclic) bond motifs is 1. The third-order valence-corrected chi connectivity index (χ3v) is 3.28. The Morgan fingerprint density at radius 3 is 2.89 bits per heavy atom. The highest BCUT2D eigenvalue weighted by atomic mass is 16.5. The molecular formula is C15H23NO2. The maximum Gasteiger partial charge on any atom is 0.140 e. The molecule has 0 amide bonds. The van der Waals surface area contributed by atoms with Crippen molar-refractivity contribution in [3.05, 3.63) is 23.5 Å². The fourth-order valence-corrected chi connectivity index (χ4v) is 2.14. The average Bonchev–Trinajstić information content (AvgIpc) is 2.34. The van der Waals surface area contributed by atoms with Crippen LogP contribution in [0.25, 0.3) is 0 Å². The molecule has 1 aliphatic rings. The van der Waals surface area contributed by atoms with Crippen LogP contribution in [-0.2, 0) is 6.42 Å². The van der Waals surface area contributed by atoms with Crippen molar-refractivity contribution < 1.29 is 9.84 Å². The van der Waals surface area contributed by atoms with E-state index >= 15 is 0 Å². The molecule has 0 fully saturated rings. The van der Waals surface area contributed by atoms with Crippen LogP contribution in [0.2, 0.25) is 0 Å². The molecule has 2 rings (SSSR count). The van der Waals surface area contributed by atoms with E-state index < -0.39 is 6.10 Å². The lowest BCUT2D eigenvalue weighted by molar-refractivity contribution is 0.142. The highest BCUT2D eigenvalue weighted by Gasteiger charge is 2.18. The summed E-state index contributed by atoms with van der Waals surface area (Å²) in [6.07, 6.45) is 3.26. The van der Waals surface area contributed by atoms with E-state index in [4.69, 9.17) is 4.74 Å². The Hall–Kier alpha value is -1.09. The Morgan fingerprint density at radius 2 is 2.17 bits per heavy atom. The van der Waals surface area contributed by atoms with Gasteiger partial charge in [0, 0.05) is 0 Å². The predicted octanol–water partition coefficient (Wildman–Crippen LogP) is 3.27. The number of pyridine rings is 1. The molecule has 0 bridgehead atoms. The summed E-state index contributed by atoms with van der Waals surface area (Å²) < 4.78 is 5.53. The number of rotatable bonds is 3. The van der Waals surface area contributed by atoms with Crippen molar-refractivity contribution in [1.82, 2.24) is 4.98 Å². The van der Waals surface area contributed by atoms with Crippen molar-refractivity contribution in [3.63, 3.8) is 0 Å². The van der Waals surface area contributed by atoms with Gasteiger partial charge >= 0.3 is 0 Å². The lowest BCUT2D eigenvalue weighted by atomic mass is 9.88. The number of aryl methyl sites for hydroxylation is 1.